The van der Waals surface area contributed by atoms with Crippen molar-refractivity contribution in [2.45, 2.75) is 52.4 Å². The van der Waals surface area contributed by atoms with E-state index in [4.69, 9.17) is 0 Å². The molecule has 1 N–H and O–H groups in total. The second-order valence-electron chi connectivity index (χ2n) is 6.27. The molecule has 0 fully saturated rings. The average Bonchev–Trinajstić information content (AvgIpc) is 2.86. The van der Waals surface area contributed by atoms with E-state index in [1.807, 2.05) is 0 Å². The number of carbonyl (C=O) groups excluding carboxylic acids is 1. The lowest BCUT2D eigenvalue weighted by atomic mass is 10.0. The zero-order chi connectivity index (χ0) is 17.3. The van der Waals surface area contributed by atoms with Gasteiger partial charge in [-0.2, -0.15) is 5.10 Å². The zero-order valence-electron chi connectivity index (χ0n) is 14.3. The number of anilines is 1. The molecule has 0 saturated heterocycles. The van der Waals surface area contributed by atoms with Crippen LogP contribution in [-0.2, 0) is 19.9 Å². The van der Waals surface area contributed by atoms with E-state index in [9.17, 15) is 9.59 Å². The molecule has 0 spiro atoms. The Morgan fingerprint density at radius 2 is 1.88 bits per heavy atom. The number of carbonyl (C=O) groups is 1. The number of nitrogens with one attached hydrogen (secondary N) is 1. The molecule has 1 aliphatic rings. The van der Waals surface area contributed by atoms with Gasteiger partial charge < -0.3 is 0 Å². The highest BCUT2D eigenvalue weighted by Gasteiger charge is 2.20. The monoisotopic (exact) mass is 346 g/mol. The molecule has 3 rings (SSSR count). The van der Waals surface area contributed by atoms with Crippen molar-refractivity contribution in [3.63, 3.8) is 0 Å². The van der Waals surface area contributed by atoms with Gasteiger partial charge in [0.05, 0.1) is 11.4 Å². The van der Waals surface area contributed by atoms with Crippen LogP contribution in [0.3, 0.4) is 0 Å². The number of aryl methyl sites for hydroxylation is 4. The first kappa shape index (κ1) is 16.8. The Morgan fingerprint density at radius 1 is 1.17 bits per heavy atom. The van der Waals surface area contributed by atoms with Gasteiger partial charge in [-0.25, -0.2) is 9.67 Å². The number of rotatable bonds is 2. The molecule has 2 heterocycles. The topological polar surface area (TPSA) is 76.9 Å². The van der Waals surface area contributed by atoms with Crippen molar-refractivity contribution in [2.24, 2.45) is 7.05 Å². The largest absolute Gasteiger partial charge is 0.298 e. The van der Waals surface area contributed by atoms with E-state index in [1.54, 1.807) is 20.9 Å². The molecular weight excluding hydrogens is 324 g/mol. The van der Waals surface area contributed by atoms with E-state index in [0.29, 0.717) is 16.4 Å². The molecule has 1 amide bonds. The van der Waals surface area contributed by atoms with Crippen molar-refractivity contribution in [1.29, 1.82) is 0 Å². The molecule has 0 radical (unpaired) electrons. The maximum absolute atomic E-state index is 12.6. The Morgan fingerprint density at radius 3 is 2.62 bits per heavy atom. The van der Waals surface area contributed by atoms with Crippen molar-refractivity contribution < 1.29 is 4.79 Å². The number of nitrogens with zero attached hydrogens (tertiary/aromatic N) is 3. The summed E-state index contributed by atoms with van der Waals surface area (Å²) in [5, 5.41) is 7.51. The quantitative estimate of drug-likeness (QED) is 0.907. The molecule has 0 unspecified atom stereocenters. The van der Waals surface area contributed by atoms with Crippen LogP contribution in [0.2, 0.25) is 0 Å². The van der Waals surface area contributed by atoms with E-state index < -0.39 is 5.91 Å². The van der Waals surface area contributed by atoms with Gasteiger partial charge >= 0.3 is 0 Å². The summed E-state index contributed by atoms with van der Waals surface area (Å²) in [5.74, 6) is -0.402. The highest BCUT2D eigenvalue weighted by molar-refractivity contribution is 7.15. The summed E-state index contributed by atoms with van der Waals surface area (Å²) in [4.78, 5) is 30.8. The van der Waals surface area contributed by atoms with Crippen LogP contribution in [0.1, 0.15) is 57.9 Å². The van der Waals surface area contributed by atoms with Crippen LogP contribution in [0.5, 0.6) is 0 Å². The van der Waals surface area contributed by atoms with E-state index >= 15 is 0 Å². The van der Waals surface area contributed by atoms with Crippen LogP contribution in [0.15, 0.2) is 4.79 Å². The van der Waals surface area contributed by atoms with Gasteiger partial charge in [-0.15, -0.1) is 11.3 Å². The van der Waals surface area contributed by atoms with Crippen molar-refractivity contribution in [1.82, 2.24) is 14.8 Å². The molecule has 7 heteroatoms. The molecule has 0 aromatic carbocycles. The summed E-state index contributed by atoms with van der Waals surface area (Å²) in [6.07, 6.45) is 6.81. The summed E-state index contributed by atoms with van der Waals surface area (Å²) in [5.41, 5.74) is 2.16. The highest BCUT2D eigenvalue weighted by atomic mass is 32.1. The van der Waals surface area contributed by atoms with Gasteiger partial charge in [0, 0.05) is 11.9 Å². The number of hydrogen-bond donors (Lipinski definition) is 1. The Kier molecular flexibility index (Phi) is 4.80. The molecule has 0 atom stereocenters. The third kappa shape index (κ3) is 3.26. The molecule has 0 saturated carbocycles. The summed E-state index contributed by atoms with van der Waals surface area (Å²) < 4.78 is 1.21. The lowest BCUT2D eigenvalue weighted by molar-refractivity contribution is 0.102. The zero-order valence-corrected chi connectivity index (χ0v) is 15.1. The van der Waals surface area contributed by atoms with Crippen LogP contribution in [0.25, 0.3) is 0 Å². The maximum atomic E-state index is 12.6. The SMILES string of the molecule is Cc1nn(C)c(=O)c(C(=O)Nc2nc3c(s2)CCCCCC3)c1C. The average molecular weight is 346 g/mol. The third-order valence-electron chi connectivity index (χ3n) is 4.52. The second kappa shape index (κ2) is 6.84. The molecule has 128 valence electrons. The predicted octanol–water partition coefficient (Wildman–Crippen LogP) is 2.76. The van der Waals surface area contributed by atoms with Crippen molar-refractivity contribution in [3.8, 4) is 0 Å². The minimum absolute atomic E-state index is 0.146. The van der Waals surface area contributed by atoms with Crippen molar-refractivity contribution in [3.05, 3.63) is 37.7 Å². The lowest BCUT2D eigenvalue weighted by Gasteiger charge is -2.08. The standard InChI is InChI=1S/C17H22N4O2S/c1-10-11(2)20-21(3)16(23)14(10)15(22)19-17-18-12-8-6-4-5-7-9-13(12)24-17/h4-9H2,1-3H3,(H,18,19,22). The second-order valence-corrected chi connectivity index (χ2v) is 7.36. The van der Waals surface area contributed by atoms with Crippen LogP contribution >= 0.6 is 11.3 Å². The first-order chi connectivity index (χ1) is 11.5. The van der Waals surface area contributed by atoms with Crippen LogP contribution < -0.4 is 10.9 Å². The normalized spacial score (nSPS) is 14.6. The number of thiazole rings is 1. The predicted molar refractivity (Wildman–Crippen MR) is 94.9 cm³/mol. The van der Waals surface area contributed by atoms with E-state index in [-0.39, 0.29) is 11.1 Å². The summed E-state index contributed by atoms with van der Waals surface area (Å²) in [7, 11) is 1.56. The van der Waals surface area contributed by atoms with Gasteiger partial charge in [0.2, 0.25) is 0 Å². The Labute approximate surface area is 144 Å². The van der Waals surface area contributed by atoms with Crippen molar-refractivity contribution in [2.75, 3.05) is 5.32 Å². The third-order valence-corrected chi connectivity index (χ3v) is 5.59. The van der Waals surface area contributed by atoms with Gasteiger partial charge in [-0.3, -0.25) is 14.9 Å². The number of amides is 1. The van der Waals surface area contributed by atoms with Crippen LogP contribution in [0.4, 0.5) is 5.13 Å². The summed E-state index contributed by atoms with van der Waals surface area (Å²) in [6, 6.07) is 0. The smallest absolute Gasteiger partial charge is 0.279 e. The molecule has 6 nitrogen and oxygen atoms in total. The molecule has 1 aliphatic carbocycles. The number of fused-ring (bicyclic) bond motifs is 1. The van der Waals surface area contributed by atoms with E-state index in [0.717, 1.165) is 25.0 Å². The minimum Gasteiger partial charge on any atom is -0.298 e. The van der Waals surface area contributed by atoms with Gasteiger partial charge in [0.15, 0.2) is 5.13 Å². The van der Waals surface area contributed by atoms with Gasteiger partial charge in [0.25, 0.3) is 11.5 Å². The first-order valence-corrected chi connectivity index (χ1v) is 9.13. The Balaban J connectivity index is 1.88. The van der Waals surface area contributed by atoms with Crippen LogP contribution in [-0.4, -0.2) is 20.7 Å². The maximum Gasteiger partial charge on any atom is 0.279 e. The van der Waals surface area contributed by atoms with Gasteiger partial charge in [0.1, 0.15) is 5.56 Å². The summed E-state index contributed by atoms with van der Waals surface area (Å²) in [6.45, 7) is 3.54. The fraction of sp³-hybridized carbons (Fsp3) is 0.529. The van der Waals surface area contributed by atoms with Gasteiger partial charge in [-0.1, -0.05) is 12.8 Å². The molecule has 0 aliphatic heterocycles. The molecular formula is C17H22N4O2S. The summed E-state index contributed by atoms with van der Waals surface area (Å²) >= 11 is 1.53. The van der Waals surface area contributed by atoms with Crippen LogP contribution in [0, 0.1) is 13.8 Å². The molecule has 2 aromatic heterocycles. The fourth-order valence-corrected chi connectivity index (χ4v) is 4.08. The fourth-order valence-electron chi connectivity index (χ4n) is 3.03. The van der Waals surface area contributed by atoms with E-state index in [2.05, 4.69) is 15.4 Å². The number of hydrogen-bond acceptors (Lipinski definition) is 5. The molecule has 2 aromatic rings. The molecule has 0 bridgehead atoms. The first-order valence-electron chi connectivity index (χ1n) is 8.32. The highest BCUT2D eigenvalue weighted by Crippen LogP contribution is 2.28. The lowest BCUT2D eigenvalue weighted by Crippen LogP contribution is -2.31. The Bertz CT molecular complexity index is 812. The minimum atomic E-state index is -0.402. The Hall–Kier alpha value is -2.02. The molecule has 24 heavy (non-hydrogen) atoms. The number of aromatic nitrogens is 3. The van der Waals surface area contributed by atoms with Gasteiger partial charge in [-0.05, 0) is 45.1 Å². The van der Waals surface area contributed by atoms with Crippen molar-refractivity contribution >= 4 is 22.4 Å². The van der Waals surface area contributed by atoms with E-state index in [1.165, 1.54) is 40.2 Å².